The normalized spacial score (nSPS) is 14.1. The molecule has 0 radical (unpaired) electrons. The molecule has 2 amide bonds. The SMILES string of the molecule is Cc1oc(-c2cccs2)nc1CC(=O)Nc1ccc(C(=O)NC2CCCC2)cc1. The van der Waals surface area contributed by atoms with Crippen LogP contribution in [0.5, 0.6) is 0 Å². The maximum absolute atomic E-state index is 12.4. The molecule has 1 saturated carbocycles. The fourth-order valence-corrected chi connectivity index (χ4v) is 4.15. The third-order valence-corrected chi connectivity index (χ3v) is 5.93. The lowest BCUT2D eigenvalue weighted by Gasteiger charge is -2.12. The lowest BCUT2D eigenvalue weighted by Crippen LogP contribution is -2.32. The molecule has 1 fully saturated rings. The van der Waals surface area contributed by atoms with Crippen LogP contribution >= 0.6 is 11.3 Å². The van der Waals surface area contributed by atoms with Crippen LogP contribution < -0.4 is 10.6 Å². The molecule has 0 spiro atoms. The first-order valence-corrected chi connectivity index (χ1v) is 10.7. The van der Waals surface area contributed by atoms with Gasteiger partial charge in [-0.3, -0.25) is 9.59 Å². The maximum Gasteiger partial charge on any atom is 0.251 e. The van der Waals surface area contributed by atoms with Crippen LogP contribution in [0.4, 0.5) is 5.69 Å². The molecule has 1 aromatic carbocycles. The quantitative estimate of drug-likeness (QED) is 0.625. The van der Waals surface area contributed by atoms with Crippen LogP contribution in [0.25, 0.3) is 10.8 Å². The molecular weight excluding hydrogens is 386 g/mol. The number of carbonyl (C=O) groups is 2. The van der Waals surface area contributed by atoms with Crippen LogP contribution in [-0.2, 0) is 11.2 Å². The summed E-state index contributed by atoms with van der Waals surface area (Å²) in [5.74, 6) is 0.941. The molecule has 0 unspecified atom stereocenters. The minimum atomic E-state index is -0.178. The number of amides is 2. The van der Waals surface area contributed by atoms with E-state index in [1.807, 2.05) is 24.4 Å². The van der Waals surface area contributed by atoms with Gasteiger partial charge in [0, 0.05) is 17.3 Å². The second kappa shape index (κ2) is 8.61. The molecule has 6 nitrogen and oxygen atoms in total. The maximum atomic E-state index is 12.4. The van der Waals surface area contributed by atoms with E-state index < -0.39 is 0 Å². The van der Waals surface area contributed by atoms with E-state index in [2.05, 4.69) is 15.6 Å². The first kappa shape index (κ1) is 19.4. The minimum absolute atomic E-state index is 0.0610. The molecule has 3 aromatic rings. The molecule has 0 saturated heterocycles. The smallest absolute Gasteiger partial charge is 0.251 e. The number of benzene rings is 1. The van der Waals surface area contributed by atoms with Crippen LogP contribution in [0.15, 0.2) is 46.2 Å². The summed E-state index contributed by atoms with van der Waals surface area (Å²) in [6.07, 6.45) is 4.58. The second-order valence-electron chi connectivity index (χ2n) is 7.26. The van der Waals surface area contributed by atoms with Gasteiger partial charge in [0.2, 0.25) is 11.8 Å². The average Bonchev–Trinajstić information content (AvgIpc) is 3.45. The van der Waals surface area contributed by atoms with E-state index in [0.717, 1.165) is 17.7 Å². The molecule has 4 rings (SSSR count). The number of aryl methyl sites for hydroxylation is 1. The van der Waals surface area contributed by atoms with Gasteiger partial charge in [0.1, 0.15) is 5.76 Å². The summed E-state index contributed by atoms with van der Waals surface area (Å²) in [7, 11) is 0. The monoisotopic (exact) mass is 409 g/mol. The Labute approximate surface area is 173 Å². The standard InChI is InChI=1S/C22H23N3O3S/c1-14-18(25-22(28-14)19-7-4-12-29-19)13-20(26)23-17-10-8-15(9-11-17)21(27)24-16-5-2-3-6-16/h4,7-12,16H,2-3,5-6,13H2,1H3,(H,23,26)(H,24,27). The molecule has 0 atom stereocenters. The molecule has 29 heavy (non-hydrogen) atoms. The molecule has 0 aliphatic heterocycles. The average molecular weight is 410 g/mol. The van der Waals surface area contributed by atoms with Gasteiger partial charge in [-0.15, -0.1) is 11.3 Å². The van der Waals surface area contributed by atoms with Gasteiger partial charge < -0.3 is 15.1 Å². The Balaban J connectivity index is 1.34. The number of oxazole rings is 1. The molecule has 1 aliphatic carbocycles. The van der Waals surface area contributed by atoms with Crippen LogP contribution in [0, 0.1) is 6.92 Å². The fraction of sp³-hybridized carbons (Fsp3) is 0.318. The van der Waals surface area contributed by atoms with Gasteiger partial charge in [-0.05, 0) is 55.5 Å². The molecule has 150 valence electrons. The van der Waals surface area contributed by atoms with Crippen LogP contribution in [0.3, 0.4) is 0 Å². The lowest BCUT2D eigenvalue weighted by molar-refractivity contribution is -0.115. The first-order chi connectivity index (χ1) is 14.1. The second-order valence-corrected chi connectivity index (χ2v) is 8.20. The zero-order valence-electron chi connectivity index (χ0n) is 16.2. The lowest BCUT2D eigenvalue weighted by atomic mass is 10.1. The van der Waals surface area contributed by atoms with Crippen molar-refractivity contribution < 1.29 is 14.0 Å². The van der Waals surface area contributed by atoms with Gasteiger partial charge in [0.05, 0.1) is 17.0 Å². The predicted molar refractivity (Wildman–Crippen MR) is 113 cm³/mol. The van der Waals surface area contributed by atoms with Gasteiger partial charge in [-0.2, -0.15) is 0 Å². The molecule has 2 N–H and O–H groups in total. The zero-order valence-corrected chi connectivity index (χ0v) is 17.1. The van der Waals surface area contributed by atoms with Crippen molar-refractivity contribution in [3.8, 4) is 10.8 Å². The Morgan fingerprint density at radius 3 is 2.62 bits per heavy atom. The first-order valence-electron chi connectivity index (χ1n) is 9.79. The van der Waals surface area contributed by atoms with E-state index in [1.54, 1.807) is 35.6 Å². The summed E-state index contributed by atoms with van der Waals surface area (Å²) < 4.78 is 5.68. The van der Waals surface area contributed by atoms with Gasteiger partial charge in [-0.1, -0.05) is 18.9 Å². The van der Waals surface area contributed by atoms with Gasteiger partial charge in [0.25, 0.3) is 5.91 Å². The van der Waals surface area contributed by atoms with Crippen molar-refractivity contribution in [2.45, 2.75) is 45.1 Å². The summed E-state index contributed by atoms with van der Waals surface area (Å²) in [6.45, 7) is 1.81. The highest BCUT2D eigenvalue weighted by molar-refractivity contribution is 7.13. The number of hydrogen-bond donors (Lipinski definition) is 2. The van der Waals surface area contributed by atoms with E-state index >= 15 is 0 Å². The highest BCUT2D eigenvalue weighted by atomic mass is 32.1. The Hall–Kier alpha value is -2.93. The summed E-state index contributed by atoms with van der Waals surface area (Å²) in [5, 5.41) is 7.87. The van der Waals surface area contributed by atoms with Crippen LogP contribution in [-0.4, -0.2) is 22.8 Å². The number of hydrogen-bond acceptors (Lipinski definition) is 5. The molecule has 2 heterocycles. The molecule has 2 aromatic heterocycles. The Bertz CT molecular complexity index is 987. The molecule has 7 heteroatoms. The highest BCUT2D eigenvalue weighted by Crippen LogP contribution is 2.26. The van der Waals surface area contributed by atoms with Crippen molar-refractivity contribution in [2.24, 2.45) is 0 Å². The number of nitrogens with one attached hydrogen (secondary N) is 2. The summed E-state index contributed by atoms with van der Waals surface area (Å²) in [4.78, 5) is 30.1. The number of carbonyl (C=O) groups excluding carboxylic acids is 2. The van der Waals surface area contributed by atoms with Gasteiger partial charge >= 0.3 is 0 Å². The topological polar surface area (TPSA) is 84.2 Å². The van der Waals surface area contributed by atoms with E-state index in [9.17, 15) is 9.59 Å². The van der Waals surface area contributed by atoms with Crippen molar-refractivity contribution in [3.05, 3.63) is 58.8 Å². The van der Waals surface area contributed by atoms with Crippen molar-refractivity contribution >= 4 is 28.8 Å². The largest absolute Gasteiger partial charge is 0.440 e. The van der Waals surface area contributed by atoms with Gasteiger partial charge in [0.15, 0.2) is 0 Å². The Morgan fingerprint density at radius 1 is 1.17 bits per heavy atom. The van der Waals surface area contributed by atoms with Crippen molar-refractivity contribution in [1.29, 1.82) is 0 Å². The Kier molecular flexibility index (Phi) is 5.76. The number of nitrogens with zero attached hydrogens (tertiary/aromatic N) is 1. The number of anilines is 1. The number of aromatic nitrogens is 1. The summed E-state index contributed by atoms with van der Waals surface area (Å²) in [5.41, 5.74) is 1.87. The van der Waals surface area contributed by atoms with E-state index in [1.165, 1.54) is 12.8 Å². The third-order valence-electron chi connectivity index (χ3n) is 5.07. The van der Waals surface area contributed by atoms with Crippen molar-refractivity contribution in [1.82, 2.24) is 10.3 Å². The van der Waals surface area contributed by atoms with Crippen LogP contribution in [0.2, 0.25) is 0 Å². The Morgan fingerprint density at radius 2 is 1.93 bits per heavy atom. The zero-order chi connectivity index (χ0) is 20.2. The van der Waals surface area contributed by atoms with Crippen molar-refractivity contribution in [2.75, 3.05) is 5.32 Å². The predicted octanol–water partition coefficient (Wildman–Crippen LogP) is 4.57. The van der Waals surface area contributed by atoms with Gasteiger partial charge in [-0.25, -0.2) is 4.98 Å². The molecular formula is C22H23N3O3S. The highest BCUT2D eigenvalue weighted by Gasteiger charge is 2.18. The summed E-state index contributed by atoms with van der Waals surface area (Å²) in [6, 6.07) is 11.1. The number of thiophene rings is 1. The summed E-state index contributed by atoms with van der Waals surface area (Å²) >= 11 is 1.54. The van der Waals surface area contributed by atoms with Crippen molar-refractivity contribution in [3.63, 3.8) is 0 Å². The number of rotatable bonds is 6. The van der Waals surface area contributed by atoms with E-state index in [-0.39, 0.29) is 24.3 Å². The molecule has 0 bridgehead atoms. The van der Waals surface area contributed by atoms with Crippen LogP contribution in [0.1, 0.15) is 47.5 Å². The third kappa shape index (κ3) is 4.74. The minimum Gasteiger partial charge on any atom is -0.440 e. The molecule has 1 aliphatic rings. The fourth-order valence-electron chi connectivity index (χ4n) is 3.50. The van der Waals surface area contributed by atoms with E-state index in [4.69, 9.17) is 4.42 Å². The van der Waals surface area contributed by atoms with E-state index in [0.29, 0.717) is 28.6 Å².